The minimum atomic E-state index is 0.613. The Bertz CT molecular complexity index is 460. The number of para-hydroxylation sites is 1. The van der Waals surface area contributed by atoms with E-state index < -0.39 is 0 Å². The third kappa shape index (κ3) is 3.24. The highest BCUT2D eigenvalue weighted by Gasteiger charge is 2.33. The summed E-state index contributed by atoms with van der Waals surface area (Å²) < 4.78 is 0. The molecule has 3 rings (SSSR count). The highest BCUT2D eigenvalue weighted by atomic mass is 15.3. The average molecular weight is 287 g/mol. The molecule has 0 amide bonds. The van der Waals surface area contributed by atoms with E-state index in [2.05, 4.69) is 53.2 Å². The van der Waals surface area contributed by atoms with Gasteiger partial charge >= 0.3 is 0 Å². The minimum Gasteiger partial charge on any atom is -0.366 e. The molecule has 1 aromatic rings. The number of hydrogen-bond donors (Lipinski definition) is 1. The molecule has 2 aliphatic heterocycles. The summed E-state index contributed by atoms with van der Waals surface area (Å²) in [6.07, 6.45) is 4.17. The second-order valence-corrected chi connectivity index (χ2v) is 6.55. The van der Waals surface area contributed by atoms with Gasteiger partial charge in [0, 0.05) is 37.4 Å². The molecular weight excluding hydrogens is 258 g/mol. The van der Waals surface area contributed by atoms with Crippen LogP contribution in [-0.4, -0.2) is 43.2 Å². The van der Waals surface area contributed by atoms with E-state index in [1.165, 1.54) is 50.1 Å². The molecule has 0 aromatic heterocycles. The first-order chi connectivity index (χ1) is 10.3. The van der Waals surface area contributed by atoms with Gasteiger partial charge in [0.05, 0.1) is 0 Å². The van der Waals surface area contributed by atoms with Crippen LogP contribution in [0.3, 0.4) is 0 Å². The SMILES string of the molecule is CCNCc1ccccc1N1CC2CCCCN2CC1C. The number of hydrogen-bond acceptors (Lipinski definition) is 3. The molecule has 2 saturated heterocycles. The van der Waals surface area contributed by atoms with Gasteiger partial charge in [0.2, 0.25) is 0 Å². The fraction of sp³-hybridized carbons (Fsp3) is 0.667. The normalized spacial score (nSPS) is 26.7. The van der Waals surface area contributed by atoms with Crippen LogP contribution in [0.2, 0.25) is 0 Å². The van der Waals surface area contributed by atoms with Gasteiger partial charge in [0.25, 0.3) is 0 Å². The van der Waals surface area contributed by atoms with E-state index in [-0.39, 0.29) is 0 Å². The van der Waals surface area contributed by atoms with Gasteiger partial charge in [-0.05, 0) is 44.5 Å². The Morgan fingerprint density at radius 2 is 2.05 bits per heavy atom. The maximum absolute atomic E-state index is 3.48. The van der Waals surface area contributed by atoms with E-state index in [0.717, 1.165) is 19.1 Å². The molecule has 1 aromatic carbocycles. The summed E-state index contributed by atoms with van der Waals surface area (Å²) in [5.74, 6) is 0. The summed E-state index contributed by atoms with van der Waals surface area (Å²) in [5, 5.41) is 3.48. The van der Waals surface area contributed by atoms with Crippen LogP contribution in [0.25, 0.3) is 0 Å². The lowest BCUT2D eigenvalue weighted by Gasteiger charge is -2.49. The summed E-state index contributed by atoms with van der Waals surface area (Å²) in [5.41, 5.74) is 2.88. The molecule has 2 fully saturated rings. The number of nitrogens with one attached hydrogen (secondary N) is 1. The number of rotatable bonds is 4. The van der Waals surface area contributed by atoms with Crippen molar-refractivity contribution in [1.82, 2.24) is 10.2 Å². The van der Waals surface area contributed by atoms with Crippen LogP contribution < -0.4 is 10.2 Å². The van der Waals surface area contributed by atoms with Gasteiger partial charge in [-0.2, -0.15) is 0 Å². The van der Waals surface area contributed by atoms with Crippen molar-refractivity contribution in [3.8, 4) is 0 Å². The summed E-state index contributed by atoms with van der Waals surface area (Å²) in [6, 6.07) is 10.3. The van der Waals surface area contributed by atoms with Gasteiger partial charge in [-0.1, -0.05) is 31.5 Å². The molecule has 21 heavy (non-hydrogen) atoms. The molecule has 2 aliphatic rings. The lowest BCUT2D eigenvalue weighted by molar-refractivity contribution is 0.115. The van der Waals surface area contributed by atoms with Crippen LogP contribution in [0.1, 0.15) is 38.7 Å². The predicted molar refractivity (Wildman–Crippen MR) is 89.8 cm³/mol. The van der Waals surface area contributed by atoms with Crippen molar-refractivity contribution < 1.29 is 0 Å². The van der Waals surface area contributed by atoms with Crippen molar-refractivity contribution in [2.45, 2.75) is 51.7 Å². The molecule has 3 heteroatoms. The first-order valence-electron chi connectivity index (χ1n) is 8.59. The first kappa shape index (κ1) is 14.9. The van der Waals surface area contributed by atoms with Crippen LogP contribution in [0.5, 0.6) is 0 Å². The molecule has 1 N–H and O–H groups in total. The highest BCUT2D eigenvalue weighted by molar-refractivity contribution is 5.55. The Morgan fingerprint density at radius 3 is 2.90 bits per heavy atom. The Hall–Kier alpha value is -1.06. The maximum atomic E-state index is 3.48. The van der Waals surface area contributed by atoms with E-state index in [1.807, 2.05) is 0 Å². The number of fused-ring (bicyclic) bond motifs is 1. The van der Waals surface area contributed by atoms with Crippen molar-refractivity contribution in [3.05, 3.63) is 29.8 Å². The summed E-state index contributed by atoms with van der Waals surface area (Å²) in [6.45, 7) is 10.3. The van der Waals surface area contributed by atoms with Crippen LogP contribution in [0, 0.1) is 0 Å². The van der Waals surface area contributed by atoms with Crippen LogP contribution in [0.15, 0.2) is 24.3 Å². The molecule has 0 radical (unpaired) electrons. The standard InChI is InChI=1S/C18H29N3/c1-3-19-12-16-8-4-5-10-18(16)21-14-17-9-6-7-11-20(17)13-15(21)2/h4-5,8,10,15,17,19H,3,6-7,9,11-14H2,1-2H3. The zero-order chi connectivity index (χ0) is 14.7. The molecule has 2 heterocycles. The fourth-order valence-corrected chi connectivity index (χ4v) is 3.89. The number of piperidine rings is 1. The molecule has 0 bridgehead atoms. The molecule has 2 unspecified atom stereocenters. The second-order valence-electron chi connectivity index (χ2n) is 6.55. The third-order valence-electron chi connectivity index (χ3n) is 5.05. The Balaban J connectivity index is 1.79. The molecule has 116 valence electrons. The Labute approximate surface area is 129 Å². The number of piperazine rings is 1. The first-order valence-corrected chi connectivity index (χ1v) is 8.59. The summed E-state index contributed by atoms with van der Waals surface area (Å²) in [7, 11) is 0. The van der Waals surface area contributed by atoms with Gasteiger partial charge in [0.1, 0.15) is 0 Å². The second kappa shape index (κ2) is 6.80. The van der Waals surface area contributed by atoms with E-state index >= 15 is 0 Å². The van der Waals surface area contributed by atoms with Crippen LogP contribution in [0.4, 0.5) is 5.69 Å². The van der Waals surface area contributed by atoms with Gasteiger partial charge in [-0.25, -0.2) is 0 Å². The topological polar surface area (TPSA) is 18.5 Å². The largest absolute Gasteiger partial charge is 0.366 e. The van der Waals surface area contributed by atoms with Gasteiger partial charge < -0.3 is 10.2 Å². The van der Waals surface area contributed by atoms with Gasteiger partial charge in [0.15, 0.2) is 0 Å². The van der Waals surface area contributed by atoms with Crippen molar-refractivity contribution in [2.24, 2.45) is 0 Å². The van der Waals surface area contributed by atoms with Crippen molar-refractivity contribution in [2.75, 3.05) is 31.1 Å². The molecule has 3 nitrogen and oxygen atoms in total. The van der Waals surface area contributed by atoms with Crippen molar-refractivity contribution in [3.63, 3.8) is 0 Å². The number of benzene rings is 1. The summed E-state index contributed by atoms with van der Waals surface area (Å²) in [4.78, 5) is 5.37. The monoisotopic (exact) mass is 287 g/mol. The molecule has 2 atom stereocenters. The molecule has 0 saturated carbocycles. The quantitative estimate of drug-likeness (QED) is 0.918. The average Bonchev–Trinajstić information content (AvgIpc) is 2.52. The summed E-state index contributed by atoms with van der Waals surface area (Å²) >= 11 is 0. The molecule has 0 aliphatic carbocycles. The molecule has 0 spiro atoms. The lowest BCUT2D eigenvalue weighted by atomic mass is 9.96. The van der Waals surface area contributed by atoms with Crippen LogP contribution in [-0.2, 0) is 6.54 Å². The third-order valence-corrected chi connectivity index (χ3v) is 5.05. The van der Waals surface area contributed by atoms with Gasteiger partial charge in [-0.3, -0.25) is 4.90 Å². The van der Waals surface area contributed by atoms with E-state index in [4.69, 9.17) is 0 Å². The Kier molecular flexibility index (Phi) is 4.81. The predicted octanol–water partition coefficient (Wildman–Crippen LogP) is 2.86. The lowest BCUT2D eigenvalue weighted by Crippen LogP contribution is -2.59. The number of anilines is 1. The van der Waals surface area contributed by atoms with E-state index in [1.54, 1.807) is 0 Å². The minimum absolute atomic E-state index is 0.613. The highest BCUT2D eigenvalue weighted by Crippen LogP contribution is 2.30. The van der Waals surface area contributed by atoms with E-state index in [0.29, 0.717) is 6.04 Å². The number of nitrogens with zero attached hydrogens (tertiary/aromatic N) is 2. The van der Waals surface area contributed by atoms with Crippen molar-refractivity contribution >= 4 is 5.69 Å². The molecular formula is C18H29N3. The zero-order valence-electron chi connectivity index (χ0n) is 13.5. The van der Waals surface area contributed by atoms with Gasteiger partial charge in [-0.15, -0.1) is 0 Å². The van der Waals surface area contributed by atoms with Crippen LogP contribution >= 0.6 is 0 Å². The Morgan fingerprint density at radius 1 is 1.19 bits per heavy atom. The van der Waals surface area contributed by atoms with E-state index in [9.17, 15) is 0 Å². The smallest absolute Gasteiger partial charge is 0.0415 e. The fourth-order valence-electron chi connectivity index (χ4n) is 3.89. The zero-order valence-corrected chi connectivity index (χ0v) is 13.5. The van der Waals surface area contributed by atoms with Crippen molar-refractivity contribution in [1.29, 1.82) is 0 Å². The maximum Gasteiger partial charge on any atom is 0.0415 e.